The molecule has 2 aromatic carbocycles. The number of hydrogen-bond donors (Lipinski definition) is 2. The molecular weight excluding hydrogens is 368 g/mol. The van der Waals surface area contributed by atoms with Crippen molar-refractivity contribution in [3.63, 3.8) is 0 Å². The molecule has 25 heavy (non-hydrogen) atoms. The van der Waals surface area contributed by atoms with E-state index in [1.165, 1.54) is 19.2 Å². The molecule has 0 saturated carbocycles. The maximum atomic E-state index is 12.4. The van der Waals surface area contributed by atoms with Crippen molar-refractivity contribution in [2.45, 2.75) is 10.9 Å². The van der Waals surface area contributed by atoms with Gasteiger partial charge in [0, 0.05) is 5.56 Å². The first-order valence-electron chi connectivity index (χ1n) is 7.00. The van der Waals surface area contributed by atoms with Crippen LogP contribution in [-0.2, 0) is 19.6 Å². The van der Waals surface area contributed by atoms with Gasteiger partial charge < -0.3 is 10.1 Å². The number of ether oxygens (including phenoxy) is 1. The second kappa shape index (κ2) is 7.64. The Morgan fingerprint density at radius 3 is 2.36 bits per heavy atom. The number of rotatable bonds is 5. The third kappa shape index (κ3) is 4.56. The van der Waals surface area contributed by atoms with Crippen molar-refractivity contribution < 1.29 is 22.7 Å². The van der Waals surface area contributed by atoms with Gasteiger partial charge in [-0.15, -0.1) is 0 Å². The highest BCUT2D eigenvalue weighted by Crippen LogP contribution is 2.22. The van der Waals surface area contributed by atoms with Gasteiger partial charge in [0.25, 0.3) is 5.91 Å². The number of amides is 1. The molecule has 0 aliphatic rings. The van der Waals surface area contributed by atoms with Crippen molar-refractivity contribution in [2.24, 2.45) is 5.14 Å². The molecular formula is C16H15ClN2O5S. The van der Waals surface area contributed by atoms with Crippen molar-refractivity contribution in [2.75, 3.05) is 7.11 Å². The highest BCUT2D eigenvalue weighted by molar-refractivity contribution is 7.89. The zero-order chi connectivity index (χ0) is 18.6. The van der Waals surface area contributed by atoms with Crippen LogP contribution in [-0.4, -0.2) is 27.4 Å². The summed E-state index contributed by atoms with van der Waals surface area (Å²) in [6.45, 7) is 0. The van der Waals surface area contributed by atoms with E-state index in [2.05, 4.69) is 5.32 Å². The molecule has 7 nitrogen and oxygen atoms in total. The molecule has 0 aromatic heterocycles. The highest BCUT2D eigenvalue weighted by Gasteiger charge is 2.25. The van der Waals surface area contributed by atoms with Gasteiger partial charge in [-0.1, -0.05) is 41.9 Å². The molecule has 0 unspecified atom stereocenters. The lowest BCUT2D eigenvalue weighted by atomic mass is 10.1. The predicted octanol–water partition coefficient (Wildman–Crippen LogP) is 1.63. The Morgan fingerprint density at radius 2 is 1.80 bits per heavy atom. The summed E-state index contributed by atoms with van der Waals surface area (Å²) in [7, 11) is -2.89. The largest absolute Gasteiger partial charge is 0.467 e. The van der Waals surface area contributed by atoms with E-state index < -0.39 is 27.9 Å². The molecule has 0 heterocycles. The van der Waals surface area contributed by atoms with Crippen molar-refractivity contribution in [3.05, 3.63) is 64.7 Å². The Labute approximate surface area is 149 Å². The Balaban J connectivity index is 2.35. The summed E-state index contributed by atoms with van der Waals surface area (Å²) in [6.07, 6.45) is 0. The third-order valence-corrected chi connectivity index (χ3v) is 4.74. The zero-order valence-corrected chi connectivity index (χ0v) is 14.7. The number of benzene rings is 2. The van der Waals surface area contributed by atoms with E-state index in [-0.39, 0.29) is 15.5 Å². The number of esters is 1. The van der Waals surface area contributed by atoms with Crippen LogP contribution in [0.4, 0.5) is 0 Å². The third-order valence-electron chi connectivity index (χ3n) is 3.35. The minimum absolute atomic E-state index is 0.0155. The Morgan fingerprint density at radius 1 is 1.16 bits per heavy atom. The molecule has 9 heteroatoms. The number of primary sulfonamides is 1. The maximum absolute atomic E-state index is 12.4. The number of carbonyl (C=O) groups is 2. The van der Waals surface area contributed by atoms with Crippen LogP contribution in [0.15, 0.2) is 53.4 Å². The summed E-state index contributed by atoms with van der Waals surface area (Å²) in [5.41, 5.74) is 0.501. The summed E-state index contributed by atoms with van der Waals surface area (Å²) in [4.78, 5) is 24.0. The molecule has 0 fully saturated rings. The lowest BCUT2D eigenvalue weighted by molar-refractivity contribution is -0.143. The summed E-state index contributed by atoms with van der Waals surface area (Å²) < 4.78 is 27.7. The molecule has 1 atom stereocenters. The van der Waals surface area contributed by atoms with Crippen LogP contribution in [0, 0.1) is 0 Å². The fourth-order valence-corrected chi connectivity index (χ4v) is 3.19. The van der Waals surface area contributed by atoms with Gasteiger partial charge >= 0.3 is 5.97 Å². The Bertz CT molecular complexity index is 900. The van der Waals surface area contributed by atoms with Gasteiger partial charge in [0.1, 0.15) is 4.90 Å². The van der Waals surface area contributed by atoms with E-state index in [0.717, 1.165) is 6.07 Å². The molecule has 132 valence electrons. The summed E-state index contributed by atoms with van der Waals surface area (Å²) in [5.74, 6) is -1.35. The van der Waals surface area contributed by atoms with Gasteiger partial charge in [0.2, 0.25) is 10.0 Å². The number of carbonyl (C=O) groups excluding carboxylic acids is 2. The minimum atomic E-state index is -4.09. The van der Waals surface area contributed by atoms with Gasteiger partial charge in [-0.25, -0.2) is 18.4 Å². The average Bonchev–Trinajstić information content (AvgIpc) is 2.59. The quantitative estimate of drug-likeness (QED) is 0.762. The van der Waals surface area contributed by atoms with Crippen LogP contribution in [0.2, 0.25) is 5.02 Å². The van der Waals surface area contributed by atoms with Gasteiger partial charge in [0.15, 0.2) is 6.04 Å². The van der Waals surface area contributed by atoms with Crippen LogP contribution < -0.4 is 10.5 Å². The average molecular weight is 383 g/mol. The molecule has 3 N–H and O–H groups in total. The van der Waals surface area contributed by atoms with Crippen molar-refractivity contribution in [1.82, 2.24) is 5.32 Å². The highest BCUT2D eigenvalue weighted by atomic mass is 35.5. The SMILES string of the molecule is COC(=O)[C@H](NC(=O)c1ccc(Cl)c(S(N)(=O)=O)c1)c1ccccc1. The van der Waals surface area contributed by atoms with Gasteiger partial charge in [-0.3, -0.25) is 4.79 Å². The minimum Gasteiger partial charge on any atom is -0.467 e. The molecule has 2 aromatic rings. The van der Waals surface area contributed by atoms with Gasteiger partial charge in [-0.05, 0) is 23.8 Å². The van der Waals surface area contributed by atoms with E-state index in [1.54, 1.807) is 30.3 Å². The van der Waals surface area contributed by atoms with E-state index in [1.807, 2.05) is 0 Å². The zero-order valence-electron chi connectivity index (χ0n) is 13.1. The van der Waals surface area contributed by atoms with E-state index in [9.17, 15) is 18.0 Å². The Hall–Kier alpha value is -2.42. The number of sulfonamides is 1. The molecule has 0 aliphatic carbocycles. The second-order valence-corrected chi connectivity index (χ2v) is 6.97. The van der Waals surface area contributed by atoms with Gasteiger partial charge in [-0.2, -0.15) is 0 Å². The number of methoxy groups -OCH3 is 1. The fraction of sp³-hybridized carbons (Fsp3) is 0.125. The normalized spacial score (nSPS) is 12.3. The van der Waals surface area contributed by atoms with Crippen LogP contribution in [0.1, 0.15) is 22.0 Å². The van der Waals surface area contributed by atoms with Crippen LogP contribution in [0.3, 0.4) is 0 Å². The molecule has 0 saturated heterocycles. The monoisotopic (exact) mass is 382 g/mol. The first kappa shape index (κ1) is 18.9. The number of hydrogen-bond acceptors (Lipinski definition) is 5. The molecule has 0 spiro atoms. The second-order valence-electron chi connectivity index (χ2n) is 5.03. The first-order valence-corrected chi connectivity index (χ1v) is 8.92. The number of nitrogens with one attached hydrogen (secondary N) is 1. The molecule has 2 rings (SSSR count). The van der Waals surface area contributed by atoms with Crippen molar-refractivity contribution >= 4 is 33.5 Å². The smallest absolute Gasteiger partial charge is 0.333 e. The lowest BCUT2D eigenvalue weighted by Gasteiger charge is -2.17. The maximum Gasteiger partial charge on any atom is 0.333 e. The predicted molar refractivity (Wildman–Crippen MR) is 91.5 cm³/mol. The van der Waals surface area contributed by atoms with Crippen LogP contribution in [0.25, 0.3) is 0 Å². The van der Waals surface area contributed by atoms with E-state index >= 15 is 0 Å². The number of halogens is 1. The van der Waals surface area contributed by atoms with Crippen LogP contribution in [0.5, 0.6) is 0 Å². The molecule has 0 radical (unpaired) electrons. The van der Waals surface area contributed by atoms with E-state index in [4.69, 9.17) is 21.5 Å². The number of nitrogens with two attached hydrogens (primary N) is 1. The van der Waals surface area contributed by atoms with Crippen molar-refractivity contribution in [1.29, 1.82) is 0 Å². The standard InChI is InChI=1S/C16H15ClN2O5S/c1-24-16(21)14(10-5-3-2-4-6-10)19-15(20)11-7-8-12(17)13(9-11)25(18,22)23/h2-9,14H,1H3,(H,19,20)(H2,18,22,23)/t14-/m1/s1. The molecule has 0 aliphatic heterocycles. The van der Waals surface area contributed by atoms with Crippen molar-refractivity contribution in [3.8, 4) is 0 Å². The van der Waals surface area contributed by atoms with Crippen LogP contribution >= 0.6 is 11.6 Å². The fourth-order valence-electron chi connectivity index (χ4n) is 2.12. The molecule has 1 amide bonds. The topological polar surface area (TPSA) is 116 Å². The summed E-state index contributed by atoms with van der Waals surface area (Å²) in [5, 5.41) is 7.47. The summed E-state index contributed by atoms with van der Waals surface area (Å²) in [6, 6.07) is 11.0. The summed E-state index contributed by atoms with van der Waals surface area (Å²) >= 11 is 5.80. The lowest BCUT2D eigenvalue weighted by Crippen LogP contribution is -2.34. The van der Waals surface area contributed by atoms with Gasteiger partial charge in [0.05, 0.1) is 12.1 Å². The van der Waals surface area contributed by atoms with E-state index in [0.29, 0.717) is 5.56 Å². The Kier molecular flexibility index (Phi) is 5.78. The first-order chi connectivity index (χ1) is 11.7. The molecule has 0 bridgehead atoms.